The number of rotatable bonds is 4. The molecule has 0 saturated heterocycles. The lowest BCUT2D eigenvalue weighted by Gasteiger charge is -2.22. The minimum atomic E-state index is -1.06. The van der Waals surface area contributed by atoms with E-state index in [9.17, 15) is 9.59 Å². The lowest BCUT2D eigenvalue weighted by Crippen LogP contribution is -2.33. The summed E-state index contributed by atoms with van der Waals surface area (Å²) in [5.74, 6) is -0.425. The van der Waals surface area contributed by atoms with Crippen LogP contribution in [0.2, 0.25) is 0 Å². The molecule has 1 saturated carbocycles. The number of benzene rings is 1. The smallest absolute Gasteiger partial charge is 0.323 e. The molecule has 0 aromatic heterocycles. The third-order valence-corrected chi connectivity index (χ3v) is 3.65. The van der Waals surface area contributed by atoms with Gasteiger partial charge in [0, 0.05) is 5.69 Å². The first-order chi connectivity index (χ1) is 9.65. The molecule has 0 aliphatic heterocycles. The molecule has 2 rings (SSSR count). The summed E-state index contributed by atoms with van der Waals surface area (Å²) in [6.45, 7) is -0.383. The Labute approximate surface area is 118 Å². The Balaban J connectivity index is 1.87. The number of nitrogens with one attached hydrogen (secondary N) is 2. The fourth-order valence-corrected chi connectivity index (χ4v) is 2.61. The van der Waals surface area contributed by atoms with Gasteiger partial charge in [0.25, 0.3) is 0 Å². The van der Waals surface area contributed by atoms with Crippen LogP contribution in [0.1, 0.15) is 43.6 Å². The highest BCUT2D eigenvalue weighted by molar-refractivity contribution is 5.91. The number of carboxylic acids is 1. The van der Waals surface area contributed by atoms with Crippen molar-refractivity contribution in [3.05, 3.63) is 29.8 Å². The van der Waals surface area contributed by atoms with Gasteiger partial charge in [-0.1, -0.05) is 31.4 Å². The van der Waals surface area contributed by atoms with Crippen LogP contribution in [0.4, 0.5) is 10.5 Å². The largest absolute Gasteiger partial charge is 0.480 e. The van der Waals surface area contributed by atoms with E-state index in [-0.39, 0.29) is 6.54 Å². The number of anilines is 1. The van der Waals surface area contributed by atoms with Crippen molar-refractivity contribution in [3.63, 3.8) is 0 Å². The Hall–Kier alpha value is -2.04. The van der Waals surface area contributed by atoms with Gasteiger partial charge in [-0.05, 0) is 36.5 Å². The second-order valence-electron chi connectivity index (χ2n) is 5.16. The van der Waals surface area contributed by atoms with Crippen LogP contribution in [0.25, 0.3) is 0 Å². The monoisotopic (exact) mass is 276 g/mol. The van der Waals surface area contributed by atoms with Crippen molar-refractivity contribution >= 4 is 17.7 Å². The normalized spacial score (nSPS) is 15.6. The van der Waals surface area contributed by atoms with Crippen molar-refractivity contribution in [2.75, 3.05) is 11.9 Å². The van der Waals surface area contributed by atoms with E-state index in [4.69, 9.17) is 5.11 Å². The van der Waals surface area contributed by atoms with Gasteiger partial charge in [-0.25, -0.2) is 4.79 Å². The van der Waals surface area contributed by atoms with E-state index in [1.54, 1.807) is 0 Å². The SMILES string of the molecule is O=C(O)CNC(=O)Nc1ccc(C2CCCCC2)cc1. The fraction of sp³-hybridized carbons (Fsp3) is 0.467. The molecular formula is C15H20N2O3. The Morgan fingerprint density at radius 2 is 1.75 bits per heavy atom. The maximum absolute atomic E-state index is 11.4. The first-order valence-electron chi connectivity index (χ1n) is 7.02. The lowest BCUT2D eigenvalue weighted by atomic mass is 9.84. The highest BCUT2D eigenvalue weighted by atomic mass is 16.4. The third-order valence-electron chi connectivity index (χ3n) is 3.65. The van der Waals surface area contributed by atoms with Crippen molar-refractivity contribution in [1.29, 1.82) is 0 Å². The van der Waals surface area contributed by atoms with Crippen LogP contribution in [-0.2, 0) is 4.79 Å². The molecule has 108 valence electrons. The molecule has 2 amide bonds. The zero-order chi connectivity index (χ0) is 14.4. The molecule has 1 aromatic carbocycles. The second kappa shape index (κ2) is 6.93. The minimum absolute atomic E-state index is 0.383. The van der Waals surface area contributed by atoms with E-state index >= 15 is 0 Å². The number of amides is 2. The molecule has 0 atom stereocenters. The third kappa shape index (κ3) is 4.26. The average Bonchev–Trinajstić information content (AvgIpc) is 2.47. The van der Waals surface area contributed by atoms with Gasteiger partial charge in [0.2, 0.25) is 0 Å². The van der Waals surface area contributed by atoms with Crippen molar-refractivity contribution < 1.29 is 14.7 Å². The summed E-state index contributed by atoms with van der Waals surface area (Å²) in [6, 6.07) is 7.32. The lowest BCUT2D eigenvalue weighted by molar-refractivity contribution is -0.135. The van der Waals surface area contributed by atoms with Gasteiger partial charge in [-0.15, -0.1) is 0 Å². The van der Waals surface area contributed by atoms with Crippen LogP contribution in [0.3, 0.4) is 0 Å². The number of carboxylic acid groups (broad SMARTS) is 1. The molecule has 0 unspecified atom stereocenters. The summed E-state index contributed by atoms with van der Waals surface area (Å²) in [5, 5.41) is 13.3. The van der Waals surface area contributed by atoms with E-state index in [0.717, 1.165) is 0 Å². The Morgan fingerprint density at radius 3 is 2.35 bits per heavy atom. The standard InChI is InChI=1S/C15H20N2O3/c18-14(19)10-16-15(20)17-13-8-6-12(7-9-13)11-4-2-1-3-5-11/h6-9,11H,1-5,10H2,(H,18,19)(H2,16,17,20). The summed E-state index contributed by atoms with van der Waals surface area (Å²) in [6.07, 6.45) is 6.40. The number of hydrogen-bond donors (Lipinski definition) is 3. The molecule has 5 nitrogen and oxygen atoms in total. The molecule has 5 heteroatoms. The number of aliphatic carboxylic acids is 1. The van der Waals surface area contributed by atoms with E-state index in [1.807, 2.05) is 24.3 Å². The van der Waals surface area contributed by atoms with Crippen molar-refractivity contribution in [1.82, 2.24) is 5.32 Å². The topological polar surface area (TPSA) is 78.4 Å². The van der Waals surface area contributed by atoms with Gasteiger partial charge in [0.15, 0.2) is 0 Å². The number of hydrogen-bond acceptors (Lipinski definition) is 2. The number of carbonyl (C=O) groups excluding carboxylic acids is 1. The molecule has 1 aliphatic carbocycles. The van der Waals surface area contributed by atoms with E-state index < -0.39 is 12.0 Å². The van der Waals surface area contributed by atoms with Crippen LogP contribution in [0.5, 0.6) is 0 Å². The van der Waals surface area contributed by atoms with Gasteiger partial charge in [-0.2, -0.15) is 0 Å². The minimum Gasteiger partial charge on any atom is -0.480 e. The molecule has 0 radical (unpaired) electrons. The zero-order valence-corrected chi connectivity index (χ0v) is 11.4. The van der Waals surface area contributed by atoms with E-state index in [1.165, 1.54) is 37.7 Å². The second-order valence-corrected chi connectivity index (χ2v) is 5.16. The molecule has 20 heavy (non-hydrogen) atoms. The van der Waals surface area contributed by atoms with E-state index in [0.29, 0.717) is 11.6 Å². The summed E-state index contributed by atoms with van der Waals surface area (Å²) in [4.78, 5) is 21.8. The van der Waals surface area contributed by atoms with E-state index in [2.05, 4.69) is 10.6 Å². The summed E-state index contributed by atoms with van der Waals surface area (Å²) < 4.78 is 0. The maximum Gasteiger partial charge on any atom is 0.323 e. The van der Waals surface area contributed by atoms with Gasteiger partial charge in [-0.3, -0.25) is 4.79 Å². The summed E-state index contributed by atoms with van der Waals surface area (Å²) in [7, 11) is 0. The maximum atomic E-state index is 11.4. The van der Waals surface area contributed by atoms with Crippen LogP contribution in [0, 0.1) is 0 Å². The summed E-state index contributed by atoms with van der Waals surface area (Å²) >= 11 is 0. The molecular weight excluding hydrogens is 256 g/mol. The number of urea groups is 1. The van der Waals surface area contributed by atoms with Crippen molar-refractivity contribution in [2.45, 2.75) is 38.0 Å². The van der Waals surface area contributed by atoms with Crippen molar-refractivity contribution in [2.24, 2.45) is 0 Å². The molecule has 1 aromatic rings. The van der Waals surface area contributed by atoms with Gasteiger partial charge < -0.3 is 15.7 Å². The van der Waals surface area contributed by atoms with Gasteiger partial charge in [0.1, 0.15) is 6.54 Å². The molecule has 0 bridgehead atoms. The Kier molecular flexibility index (Phi) is 4.98. The molecule has 1 fully saturated rings. The molecule has 0 heterocycles. The summed E-state index contributed by atoms with van der Waals surface area (Å²) in [5.41, 5.74) is 1.99. The quantitative estimate of drug-likeness (QED) is 0.791. The van der Waals surface area contributed by atoms with Gasteiger partial charge in [0.05, 0.1) is 0 Å². The Bertz CT molecular complexity index is 465. The predicted molar refractivity (Wildman–Crippen MR) is 76.9 cm³/mol. The Morgan fingerprint density at radius 1 is 1.10 bits per heavy atom. The predicted octanol–water partition coefficient (Wildman–Crippen LogP) is 2.94. The van der Waals surface area contributed by atoms with Crippen molar-refractivity contribution in [3.8, 4) is 0 Å². The van der Waals surface area contributed by atoms with Crippen LogP contribution in [0.15, 0.2) is 24.3 Å². The first kappa shape index (κ1) is 14.4. The highest BCUT2D eigenvalue weighted by Crippen LogP contribution is 2.32. The van der Waals surface area contributed by atoms with Crippen LogP contribution in [-0.4, -0.2) is 23.7 Å². The zero-order valence-electron chi connectivity index (χ0n) is 11.4. The van der Waals surface area contributed by atoms with Gasteiger partial charge >= 0.3 is 12.0 Å². The molecule has 3 N–H and O–H groups in total. The average molecular weight is 276 g/mol. The van der Waals surface area contributed by atoms with Crippen LogP contribution < -0.4 is 10.6 Å². The number of carbonyl (C=O) groups is 2. The highest BCUT2D eigenvalue weighted by Gasteiger charge is 2.15. The van der Waals surface area contributed by atoms with Crippen LogP contribution >= 0.6 is 0 Å². The molecule has 1 aliphatic rings. The first-order valence-corrected chi connectivity index (χ1v) is 7.02. The fourth-order valence-electron chi connectivity index (χ4n) is 2.61. The molecule has 0 spiro atoms.